The number of guanidine groups is 1. The average Bonchev–Trinajstić information content (AvgIpc) is 3.07. The summed E-state index contributed by atoms with van der Waals surface area (Å²) in [6.07, 6.45) is -0.123. The predicted octanol–water partition coefficient (Wildman–Crippen LogP) is -3.96. The molecule has 0 aromatic carbocycles. The molecule has 0 heterocycles. The van der Waals surface area contributed by atoms with Crippen molar-refractivity contribution in [2.24, 2.45) is 39.6 Å². The summed E-state index contributed by atoms with van der Waals surface area (Å²) in [5.41, 5.74) is 27.8. The number of carboxylic acid groups (broad SMARTS) is 2. The number of amides is 5. The highest BCUT2D eigenvalue weighted by Crippen LogP contribution is 2.09. The standard InChI is InChI=1S/C32H61N11O10/c1-17(2)24(31(52)53)42-29(50)20(10-5-7-15-34)39-28(49)22(12-13-23(45)46)40-27(48)21(11-8-16-38-32(36)37)41-30(51)25(18(3)44)43-26(47)19(35)9-4-6-14-33/h17-22,24-25,44H,4-16,33-35H2,1-3H3,(H,39,49)(H,40,48)(H,41,51)(H,42,50)(H,43,47)(H,45,46)(H,52,53)(H4,36,37,38)/t18?,19-,20-,21-,22-,24-,25-/m0/s1. The number of nitrogens with one attached hydrogen (secondary N) is 5. The van der Waals surface area contributed by atoms with Gasteiger partial charge in [0.25, 0.3) is 0 Å². The lowest BCUT2D eigenvalue weighted by Crippen LogP contribution is -2.61. The number of carbonyl (C=O) groups is 7. The maximum Gasteiger partial charge on any atom is 0.326 e. The zero-order valence-corrected chi connectivity index (χ0v) is 30.8. The number of carbonyl (C=O) groups excluding carboxylic acids is 5. The maximum atomic E-state index is 13.7. The number of aliphatic hydroxyl groups excluding tert-OH is 1. The van der Waals surface area contributed by atoms with Crippen molar-refractivity contribution < 1.29 is 48.9 Å². The molecule has 0 saturated heterocycles. The Labute approximate surface area is 309 Å². The van der Waals surface area contributed by atoms with E-state index in [4.69, 9.17) is 28.7 Å². The maximum absolute atomic E-state index is 13.7. The first kappa shape index (κ1) is 48.4. The van der Waals surface area contributed by atoms with E-state index in [1.807, 2.05) is 0 Å². The van der Waals surface area contributed by atoms with Crippen molar-refractivity contribution in [2.45, 2.75) is 127 Å². The molecule has 18 N–H and O–H groups in total. The monoisotopic (exact) mass is 759 g/mol. The van der Waals surface area contributed by atoms with Gasteiger partial charge >= 0.3 is 11.9 Å². The van der Waals surface area contributed by atoms with E-state index in [1.165, 1.54) is 6.92 Å². The van der Waals surface area contributed by atoms with Crippen LogP contribution >= 0.6 is 0 Å². The number of carboxylic acids is 2. The Hall–Kier alpha value is -4.60. The summed E-state index contributed by atoms with van der Waals surface area (Å²) < 4.78 is 0. The van der Waals surface area contributed by atoms with Crippen LogP contribution in [0, 0.1) is 5.92 Å². The summed E-state index contributed by atoms with van der Waals surface area (Å²) in [4.78, 5) is 93.6. The Morgan fingerprint density at radius 1 is 0.604 bits per heavy atom. The second-order valence-corrected chi connectivity index (χ2v) is 13.0. The fourth-order valence-electron chi connectivity index (χ4n) is 4.95. The molecule has 53 heavy (non-hydrogen) atoms. The molecular weight excluding hydrogens is 698 g/mol. The molecule has 21 nitrogen and oxygen atoms in total. The van der Waals surface area contributed by atoms with Crippen molar-refractivity contribution in [1.82, 2.24) is 26.6 Å². The molecule has 1 unspecified atom stereocenters. The lowest BCUT2D eigenvalue weighted by molar-refractivity contribution is -0.143. The minimum absolute atomic E-state index is 0.0342. The molecule has 0 fully saturated rings. The molecule has 0 aliphatic heterocycles. The number of nitrogens with zero attached hydrogens (tertiary/aromatic N) is 1. The summed E-state index contributed by atoms with van der Waals surface area (Å²) in [5, 5.41) is 41.4. The summed E-state index contributed by atoms with van der Waals surface area (Å²) in [7, 11) is 0. The molecule has 0 aliphatic rings. The Bertz CT molecular complexity index is 1230. The van der Waals surface area contributed by atoms with Crippen LogP contribution < -0.4 is 55.3 Å². The van der Waals surface area contributed by atoms with E-state index >= 15 is 0 Å². The number of hydrogen-bond acceptors (Lipinski definition) is 12. The minimum atomic E-state index is -1.55. The molecule has 5 amide bonds. The van der Waals surface area contributed by atoms with Crippen LogP contribution in [0.25, 0.3) is 0 Å². The first-order chi connectivity index (χ1) is 24.9. The fourth-order valence-corrected chi connectivity index (χ4v) is 4.95. The second-order valence-electron chi connectivity index (χ2n) is 13.0. The summed E-state index contributed by atoms with van der Waals surface area (Å²) in [6, 6.07) is -8.06. The van der Waals surface area contributed by atoms with Gasteiger partial charge in [0, 0.05) is 13.0 Å². The molecular formula is C32H61N11O10. The van der Waals surface area contributed by atoms with E-state index in [2.05, 4.69) is 31.6 Å². The van der Waals surface area contributed by atoms with E-state index in [-0.39, 0.29) is 44.7 Å². The number of aliphatic carboxylic acids is 2. The number of aliphatic hydroxyl groups is 1. The van der Waals surface area contributed by atoms with Crippen LogP contribution in [0.4, 0.5) is 0 Å². The average molecular weight is 760 g/mol. The van der Waals surface area contributed by atoms with Crippen molar-refractivity contribution in [3.05, 3.63) is 0 Å². The number of rotatable bonds is 28. The van der Waals surface area contributed by atoms with E-state index in [1.54, 1.807) is 13.8 Å². The molecule has 0 aromatic heterocycles. The summed E-state index contributed by atoms with van der Waals surface area (Å²) >= 11 is 0. The van der Waals surface area contributed by atoms with Gasteiger partial charge in [-0.2, -0.15) is 0 Å². The highest BCUT2D eigenvalue weighted by atomic mass is 16.4. The Balaban J connectivity index is 6.32. The normalized spacial score (nSPS) is 15.0. The quantitative estimate of drug-likeness (QED) is 0.0206. The van der Waals surface area contributed by atoms with Gasteiger partial charge in [-0.1, -0.05) is 20.3 Å². The minimum Gasteiger partial charge on any atom is -0.481 e. The number of unbranched alkanes of at least 4 members (excludes halogenated alkanes) is 2. The van der Waals surface area contributed by atoms with Crippen LogP contribution in [0.3, 0.4) is 0 Å². The Morgan fingerprint density at radius 3 is 1.51 bits per heavy atom. The third-order valence-electron chi connectivity index (χ3n) is 8.04. The molecule has 0 bridgehead atoms. The molecule has 0 saturated carbocycles. The molecule has 304 valence electrons. The van der Waals surface area contributed by atoms with Gasteiger partial charge in [0.1, 0.15) is 30.2 Å². The first-order valence-electron chi connectivity index (χ1n) is 17.7. The lowest BCUT2D eigenvalue weighted by Gasteiger charge is -2.28. The highest BCUT2D eigenvalue weighted by molar-refractivity contribution is 5.96. The van der Waals surface area contributed by atoms with Gasteiger partial charge in [0.05, 0.1) is 12.1 Å². The Morgan fingerprint density at radius 2 is 1.06 bits per heavy atom. The van der Waals surface area contributed by atoms with Gasteiger partial charge in [-0.15, -0.1) is 0 Å². The molecule has 0 radical (unpaired) electrons. The first-order valence-corrected chi connectivity index (χ1v) is 17.7. The third-order valence-corrected chi connectivity index (χ3v) is 8.04. The molecule has 0 spiro atoms. The second kappa shape index (κ2) is 26.2. The van der Waals surface area contributed by atoms with E-state index < -0.39 is 103 Å². The molecule has 7 atom stereocenters. The summed E-state index contributed by atoms with van der Waals surface area (Å²) in [5.74, 6) is -7.72. The van der Waals surface area contributed by atoms with Crippen LogP contribution in [0.1, 0.15) is 85.0 Å². The molecule has 0 rings (SSSR count). The van der Waals surface area contributed by atoms with Crippen LogP contribution in [0.2, 0.25) is 0 Å². The SMILES string of the molecule is CC(C)[C@H](NC(=O)[C@H](CCCCN)NC(=O)[C@H](CCC(=O)O)NC(=O)[C@H](CCCN=C(N)N)NC(=O)[C@@H](NC(=O)[C@@H](N)CCCCN)C(C)O)C(=O)O. The van der Waals surface area contributed by atoms with Crippen molar-refractivity contribution in [1.29, 1.82) is 0 Å². The van der Waals surface area contributed by atoms with E-state index in [0.717, 1.165) is 0 Å². The van der Waals surface area contributed by atoms with Gasteiger partial charge < -0.3 is 70.6 Å². The van der Waals surface area contributed by atoms with Crippen molar-refractivity contribution in [2.75, 3.05) is 19.6 Å². The van der Waals surface area contributed by atoms with E-state index in [0.29, 0.717) is 32.2 Å². The zero-order valence-electron chi connectivity index (χ0n) is 30.8. The number of nitrogens with two attached hydrogens (primary N) is 5. The van der Waals surface area contributed by atoms with Gasteiger partial charge in [-0.3, -0.25) is 33.8 Å². The van der Waals surface area contributed by atoms with Gasteiger partial charge in [-0.25, -0.2) is 4.79 Å². The largest absolute Gasteiger partial charge is 0.481 e. The molecule has 0 aliphatic carbocycles. The number of aliphatic imine (C=N–C) groups is 1. The lowest BCUT2D eigenvalue weighted by atomic mass is 10.0. The van der Waals surface area contributed by atoms with Crippen LogP contribution in [-0.2, 0) is 33.6 Å². The number of hydrogen-bond donors (Lipinski definition) is 13. The van der Waals surface area contributed by atoms with Crippen LogP contribution in [-0.4, -0.2) is 125 Å². The predicted molar refractivity (Wildman–Crippen MR) is 194 cm³/mol. The van der Waals surface area contributed by atoms with Crippen molar-refractivity contribution >= 4 is 47.4 Å². The molecule has 21 heteroatoms. The smallest absolute Gasteiger partial charge is 0.326 e. The fraction of sp³-hybridized carbons (Fsp3) is 0.750. The Kier molecular flexibility index (Phi) is 23.9. The van der Waals surface area contributed by atoms with Crippen molar-refractivity contribution in [3.8, 4) is 0 Å². The van der Waals surface area contributed by atoms with Gasteiger partial charge in [-0.05, 0) is 77.3 Å². The van der Waals surface area contributed by atoms with Gasteiger partial charge in [0.2, 0.25) is 29.5 Å². The van der Waals surface area contributed by atoms with E-state index in [9.17, 15) is 48.9 Å². The molecule has 0 aromatic rings. The van der Waals surface area contributed by atoms with Crippen LogP contribution in [0.5, 0.6) is 0 Å². The summed E-state index contributed by atoms with van der Waals surface area (Å²) in [6.45, 7) is 5.12. The third kappa shape index (κ3) is 20.3. The topological polar surface area (TPSA) is 383 Å². The zero-order chi connectivity index (χ0) is 40.7. The van der Waals surface area contributed by atoms with Crippen LogP contribution in [0.15, 0.2) is 4.99 Å². The highest BCUT2D eigenvalue weighted by Gasteiger charge is 2.34. The van der Waals surface area contributed by atoms with Gasteiger partial charge in [0.15, 0.2) is 5.96 Å². The van der Waals surface area contributed by atoms with Crippen molar-refractivity contribution in [3.63, 3.8) is 0 Å².